The summed E-state index contributed by atoms with van der Waals surface area (Å²) in [4.78, 5) is 11.5. The lowest BCUT2D eigenvalue weighted by Crippen LogP contribution is -2.41. The summed E-state index contributed by atoms with van der Waals surface area (Å²) in [7, 11) is 0. The lowest BCUT2D eigenvalue weighted by Gasteiger charge is -2.31. The molecule has 1 atom stereocenters. The van der Waals surface area contributed by atoms with Crippen LogP contribution in [0, 0.1) is 0 Å². The van der Waals surface area contributed by atoms with Crippen molar-refractivity contribution in [3.8, 4) is 0 Å². The number of nitrogens with zero attached hydrogens (tertiary/aromatic N) is 3. The molecule has 1 saturated heterocycles. The van der Waals surface area contributed by atoms with E-state index in [0.717, 1.165) is 25.9 Å². The van der Waals surface area contributed by atoms with E-state index in [-0.39, 0.29) is 0 Å². The molecule has 98 valence electrons. The Morgan fingerprint density at radius 2 is 2.11 bits per heavy atom. The molecule has 2 aliphatic rings. The molecule has 4 nitrogen and oxygen atoms in total. The van der Waals surface area contributed by atoms with Gasteiger partial charge in [0.2, 0.25) is 0 Å². The number of rotatable bonds is 2. The number of nitrogens with two attached hydrogens (primary N) is 1. The lowest BCUT2D eigenvalue weighted by atomic mass is 10.1. The third-order valence-corrected chi connectivity index (χ3v) is 4.27. The summed E-state index contributed by atoms with van der Waals surface area (Å²) >= 11 is 0. The Morgan fingerprint density at radius 3 is 3.00 bits per heavy atom. The first-order valence-electron chi connectivity index (χ1n) is 7.19. The van der Waals surface area contributed by atoms with Crippen LogP contribution >= 0.6 is 0 Å². The summed E-state index contributed by atoms with van der Waals surface area (Å²) in [6.45, 7) is 1.84. The summed E-state index contributed by atoms with van der Waals surface area (Å²) in [6, 6.07) is 0.465. The van der Waals surface area contributed by atoms with Crippen molar-refractivity contribution in [2.45, 2.75) is 51.0 Å². The van der Waals surface area contributed by atoms with Gasteiger partial charge >= 0.3 is 0 Å². The van der Waals surface area contributed by atoms with Crippen molar-refractivity contribution in [3.63, 3.8) is 0 Å². The molecule has 0 saturated carbocycles. The van der Waals surface area contributed by atoms with Crippen LogP contribution < -0.4 is 10.6 Å². The Bertz CT molecular complexity index is 418. The first-order valence-corrected chi connectivity index (χ1v) is 7.19. The van der Waals surface area contributed by atoms with Gasteiger partial charge in [0, 0.05) is 30.4 Å². The molecule has 0 aromatic carbocycles. The molecule has 2 heterocycles. The van der Waals surface area contributed by atoms with Gasteiger partial charge in [0.1, 0.15) is 12.1 Å². The molecule has 4 heteroatoms. The molecular formula is C14H22N4. The maximum atomic E-state index is 5.96. The smallest absolute Gasteiger partial charge is 0.135 e. The number of hydrogen-bond donors (Lipinski definition) is 1. The summed E-state index contributed by atoms with van der Waals surface area (Å²) in [5.41, 5.74) is 8.61. The number of anilines is 1. The minimum absolute atomic E-state index is 0.465. The molecule has 1 aliphatic carbocycles. The molecule has 0 radical (unpaired) electrons. The molecule has 18 heavy (non-hydrogen) atoms. The number of fused-ring (bicyclic) bond motifs is 1. The zero-order valence-electron chi connectivity index (χ0n) is 10.9. The van der Waals surface area contributed by atoms with E-state index >= 15 is 0 Å². The van der Waals surface area contributed by atoms with Crippen LogP contribution in [0.15, 0.2) is 6.33 Å². The fourth-order valence-corrected chi connectivity index (χ4v) is 3.29. The largest absolute Gasteiger partial charge is 0.352 e. The van der Waals surface area contributed by atoms with Crippen molar-refractivity contribution in [1.29, 1.82) is 0 Å². The van der Waals surface area contributed by atoms with Crippen molar-refractivity contribution in [1.82, 2.24) is 9.97 Å². The van der Waals surface area contributed by atoms with Gasteiger partial charge in [0.05, 0.1) is 0 Å². The van der Waals surface area contributed by atoms with E-state index in [4.69, 9.17) is 5.73 Å². The van der Waals surface area contributed by atoms with Gasteiger partial charge in [-0.15, -0.1) is 0 Å². The van der Waals surface area contributed by atoms with Crippen LogP contribution in [0.5, 0.6) is 0 Å². The molecule has 1 aliphatic heterocycles. The maximum absolute atomic E-state index is 5.96. The maximum Gasteiger partial charge on any atom is 0.135 e. The van der Waals surface area contributed by atoms with Gasteiger partial charge in [-0.05, 0) is 32.1 Å². The number of hydrogen-bond acceptors (Lipinski definition) is 4. The van der Waals surface area contributed by atoms with Gasteiger partial charge in [-0.3, -0.25) is 0 Å². The SMILES string of the molecule is NCC1CCCCCN1c1ncnc2c1CCC2. The number of aryl methyl sites for hydroxylation is 1. The lowest BCUT2D eigenvalue weighted by molar-refractivity contribution is 0.573. The molecule has 1 aromatic rings. The van der Waals surface area contributed by atoms with E-state index in [0.29, 0.717) is 6.04 Å². The van der Waals surface area contributed by atoms with Crippen molar-refractivity contribution >= 4 is 5.82 Å². The molecule has 2 N–H and O–H groups in total. The van der Waals surface area contributed by atoms with Crippen molar-refractivity contribution in [2.75, 3.05) is 18.0 Å². The molecular weight excluding hydrogens is 224 g/mol. The first-order chi connectivity index (χ1) is 8.90. The van der Waals surface area contributed by atoms with Crippen LogP contribution in [-0.2, 0) is 12.8 Å². The van der Waals surface area contributed by atoms with Gasteiger partial charge in [-0.1, -0.05) is 12.8 Å². The van der Waals surface area contributed by atoms with Crippen LogP contribution in [0.2, 0.25) is 0 Å². The molecule has 0 spiro atoms. The highest BCUT2D eigenvalue weighted by atomic mass is 15.2. The van der Waals surface area contributed by atoms with Crippen LogP contribution in [0.3, 0.4) is 0 Å². The zero-order valence-corrected chi connectivity index (χ0v) is 10.9. The van der Waals surface area contributed by atoms with Gasteiger partial charge in [-0.25, -0.2) is 9.97 Å². The summed E-state index contributed by atoms with van der Waals surface area (Å²) < 4.78 is 0. The Balaban J connectivity index is 1.94. The third kappa shape index (κ3) is 2.09. The van der Waals surface area contributed by atoms with E-state index in [2.05, 4.69) is 14.9 Å². The quantitative estimate of drug-likeness (QED) is 0.862. The fraction of sp³-hybridized carbons (Fsp3) is 0.714. The standard InChI is InChI=1S/C14H22N4/c15-9-11-5-2-1-3-8-18(11)14-12-6-4-7-13(12)16-10-17-14/h10-11H,1-9,15H2. The fourth-order valence-electron chi connectivity index (χ4n) is 3.29. The second-order valence-corrected chi connectivity index (χ2v) is 5.41. The van der Waals surface area contributed by atoms with Crippen molar-refractivity contribution < 1.29 is 0 Å². The normalized spacial score (nSPS) is 23.8. The van der Waals surface area contributed by atoms with Crippen LogP contribution in [0.4, 0.5) is 5.82 Å². The van der Waals surface area contributed by atoms with Gasteiger partial charge in [0.25, 0.3) is 0 Å². The van der Waals surface area contributed by atoms with Crippen LogP contribution in [0.25, 0.3) is 0 Å². The molecule has 1 fully saturated rings. The predicted octanol–water partition coefficient (Wildman–Crippen LogP) is 1.67. The average molecular weight is 246 g/mol. The van der Waals surface area contributed by atoms with Crippen molar-refractivity contribution in [2.24, 2.45) is 5.73 Å². The minimum atomic E-state index is 0.465. The highest BCUT2D eigenvalue weighted by Crippen LogP contribution is 2.31. The Kier molecular flexibility index (Phi) is 3.46. The van der Waals surface area contributed by atoms with Gasteiger partial charge in [0.15, 0.2) is 0 Å². The Labute approximate surface area is 109 Å². The van der Waals surface area contributed by atoms with E-state index in [1.807, 2.05) is 0 Å². The van der Waals surface area contributed by atoms with E-state index in [9.17, 15) is 0 Å². The topological polar surface area (TPSA) is 55.0 Å². The van der Waals surface area contributed by atoms with E-state index < -0.39 is 0 Å². The van der Waals surface area contributed by atoms with Crippen LogP contribution in [0.1, 0.15) is 43.4 Å². The van der Waals surface area contributed by atoms with Gasteiger partial charge < -0.3 is 10.6 Å². The molecule has 1 aromatic heterocycles. The first kappa shape index (κ1) is 11.9. The minimum Gasteiger partial charge on any atom is -0.352 e. The van der Waals surface area contributed by atoms with E-state index in [1.165, 1.54) is 49.2 Å². The highest BCUT2D eigenvalue weighted by Gasteiger charge is 2.26. The second-order valence-electron chi connectivity index (χ2n) is 5.41. The second kappa shape index (κ2) is 5.22. The average Bonchev–Trinajstić information content (AvgIpc) is 2.76. The predicted molar refractivity (Wildman–Crippen MR) is 72.7 cm³/mol. The molecule has 0 amide bonds. The summed E-state index contributed by atoms with van der Waals surface area (Å²) in [6.07, 6.45) is 10.3. The Morgan fingerprint density at radius 1 is 1.17 bits per heavy atom. The number of aromatic nitrogens is 2. The van der Waals surface area contributed by atoms with Crippen LogP contribution in [-0.4, -0.2) is 29.1 Å². The van der Waals surface area contributed by atoms with Gasteiger partial charge in [-0.2, -0.15) is 0 Å². The van der Waals surface area contributed by atoms with Crippen molar-refractivity contribution in [3.05, 3.63) is 17.6 Å². The summed E-state index contributed by atoms with van der Waals surface area (Å²) in [5, 5.41) is 0. The molecule has 3 rings (SSSR count). The molecule has 1 unspecified atom stereocenters. The summed E-state index contributed by atoms with van der Waals surface area (Å²) in [5.74, 6) is 1.18. The third-order valence-electron chi connectivity index (χ3n) is 4.27. The Hall–Kier alpha value is -1.16. The molecule has 0 bridgehead atoms. The van der Waals surface area contributed by atoms with E-state index in [1.54, 1.807) is 6.33 Å². The monoisotopic (exact) mass is 246 g/mol. The highest BCUT2D eigenvalue weighted by molar-refractivity contribution is 5.51. The zero-order chi connectivity index (χ0) is 12.4.